The second kappa shape index (κ2) is 4.82. The molecule has 1 unspecified atom stereocenters. The average Bonchev–Trinajstić information content (AvgIpc) is 2.14. The van der Waals surface area contributed by atoms with Gasteiger partial charge in [0.05, 0.1) is 0 Å². The van der Waals surface area contributed by atoms with Crippen LogP contribution in [0.3, 0.4) is 0 Å². The molecule has 92 valence electrons. The zero-order chi connectivity index (χ0) is 12.3. The van der Waals surface area contributed by atoms with E-state index in [1.807, 2.05) is 0 Å². The quantitative estimate of drug-likeness (QED) is 0.730. The molecule has 1 rings (SSSR count). The lowest BCUT2D eigenvalue weighted by atomic mass is 9.97. The second-order valence-electron chi connectivity index (χ2n) is 5.12. The summed E-state index contributed by atoms with van der Waals surface area (Å²) in [6.45, 7) is 6.25. The van der Waals surface area contributed by atoms with E-state index in [1.165, 1.54) is 4.90 Å². The summed E-state index contributed by atoms with van der Waals surface area (Å²) in [4.78, 5) is 24.5. The van der Waals surface area contributed by atoms with Gasteiger partial charge in [0.25, 0.3) is 0 Å². The maximum absolute atomic E-state index is 11.7. The average molecular weight is 228 g/mol. The van der Waals surface area contributed by atoms with E-state index in [9.17, 15) is 9.59 Å². The molecule has 0 spiro atoms. The van der Waals surface area contributed by atoms with E-state index in [-0.39, 0.29) is 11.8 Å². The third-order valence-corrected chi connectivity index (χ3v) is 2.47. The predicted molar refractivity (Wildman–Crippen MR) is 59.7 cm³/mol. The summed E-state index contributed by atoms with van der Waals surface area (Å²) in [5, 5.41) is 0. The number of amides is 2. The van der Waals surface area contributed by atoms with Crippen LogP contribution in [0.25, 0.3) is 0 Å². The summed E-state index contributed by atoms with van der Waals surface area (Å²) in [5.41, 5.74) is 4.93. The van der Waals surface area contributed by atoms with Crippen molar-refractivity contribution >= 4 is 12.0 Å². The Morgan fingerprint density at radius 2 is 2.19 bits per heavy atom. The third kappa shape index (κ3) is 3.48. The highest BCUT2D eigenvalue weighted by Crippen LogP contribution is 2.19. The molecule has 0 aromatic rings. The van der Waals surface area contributed by atoms with Crippen LogP contribution in [-0.2, 0) is 9.53 Å². The van der Waals surface area contributed by atoms with Crippen molar-refractivity contribution in [2.75, 3.05) is 13.1 Å². The van der Waals surface area contributed by atoms with Gasteiger partial charge < -0.3 is 10.5 Å². The van der Waals surface area contributed by atoms with Gasteiger partial charge in [-0.25, -0.2) is 9.69 Å². The van der Waals surface area contributed by atoms with Crippen molar-refractivity contribution in [1.29, 1.82) is 0 Å². The van der Waals surface area contributed by atoms with Crippen LogP contribution in [-0.4, -0.2) is 35.6 Å². The van der Waals surface area contributed by atoms with Crippen LogP contribution in [0.4, 0.5) is 4.79 Å². The first-order valence-corrected chi connectivity index (χ1v) is 5.57. The number of imide groups is 1. The lowest BCUT2D eigenvalue weighted by Gasteiger charge is -2.31. The highest BCUT2D eigenvalue weighted by molar-refractivity contribution is 5.92. The van der Waals surface area contributed by atoms with E-state index >= 15 is 0 Å². The van der Waals surface area contributed by atoms with Crippen LogP contribution in [0.5, 0.6) is 0 Å². The van der Waals surface area contributed by atoms with Gasteiger partial charge in [-0.1, -0.05) is 0 Å². The smallest absolute Gasteiger partial charge is 0.417 e. The molecule has 1 atom stereocenters. The molecule has 1 aliphatic rings. The van der Waals surface area contributed by atoms with Gasteiger partial charge in [0.2, 0.25) is 5.91 Å². The highest BCUT2D eigenvalue weighted by atomic mass is 16.6. The molecule has 1 aliphatic heterocycles. The van der Waals surface area contributed by atoms with Crippen molar-refractivity contribution in [3.8, 4) is 0 Å². The molecular formula is C11H20N2O3. The van der Waals surface area contributed by atoms with E-state index in [0.717, 1.165) is 6.42 Å². The molecule has 0 aromatic heterocycles. The number of ether oxygens (including phenoxy) is 1. The van der Waals surface area contributed by atoms with Gasteiger partial charge in [-0.3, -0.25) is 4.79 Å². The fraction of sp³-hybridized carbons (Fsp3) is 0.818. The summed E-state index contributed by atoms with van der Waals surface area (Å²) in [6, 6.07) is 0. The zero-order valence-electron chi connectivity index (χ0n) is 10.2. The van der Waals surface area contributed by atoms with E-state index in [1.54, 1.807) is 20.8 Å². The molecule has 5 nitrogen and oxygen atoms in total. The van der Waals surface area contributed by atoms with Gasteiger partial charge in [-0.2, -0.15) is 0 Å². The van der Waals surface area contributed by atoms with Crippen LogP contribution in [0.15, 0.2) is 0 Å². The number of nitrogens with zero attached hydrogens (tertiary/aromatic N) is 1. The molecule has 0 saturated carbocycles. The monoisotopic (exact) mass is 228 g/mol. The molecule has 0 aliphatic carbocycles. The van der Waals surface area contributed by atoms with Gasteiger partial charge in [0.15, 0.2) is 0 Å². The molecular weight excluding hydrogens is 208 g/mol. The van der Waals surface area contributed by atoms with Gasteiger partial charge in [-0.15, -0.1) is 0 Å². The van der Waals surface area contributed by atoms with Crippen molar-refractivity contribution in [2.45, 2.75) is 39.2 Å². The number of likely N-dealkylation sites (tertiary alicyclic amines) is 1. The Bertz CT molecular complexity index is 283. The van der Waals surface area contributed by atoms with E-state index < -0.39 is 11.7 Å². The van der Waals surface area contributed by atoms with E-state index in [4.69, 9.17) is 10.5 Å². The number of nitrogens with two attached hydrogens (primary N) is 1. The molecule has 1 fully saturated rings. The number of hydrogen-bond donors (Lipinski definition) is 1. The molecule has 1 saturated heterocycles. The molecule has 2 N–H and O–H groups in total. The number of hydrogen-bond acceptors (Lipinski definition) is 4. The fourth-order valence-electron chi connectivity index (χ4n) is 1.61. The van der Waals surface area contributed by atoms with Gasteiger partial charge >= 0.3 is 6.09 Å². The van der Waals surface area contributed by atoms with E-state index in [0.29, 0.717) is 19.5 Å². The summed E-state index contributed by atoms with van der Waals surface area (Å²) < 4.78 is 5.15. The van der Waals surface area contributed by atoms with Crippen molar-refractivity contribution in [2.24, 2.45) is 11.7 Å². The van der Waals surface area contributed by atoms with Crippen LogP contribution in [0.1, 0.15) is 33.6 Å². The number of carbonyl (C=O) groups excluding carboxylic acids is 2. The van der Waals surface area contributed by atoms with Gasteiger partial charge in [-0.05, 0) is 39.7 Å². The minimum absolute atomic E-state index is 0.184. The highest BCUT2D eigenvalue weighted by Gasteiger charge is 2.32. The Labute approximate surface area is 95.9 Å². The Hall–Kier alpha value is -1.10. The molecule has 0 radical (unpaired) electrons. The van der Waals surface area contributed by atoms with Crippen molar-refractivity contribution in [3.63, 3.8) is 0 Å². The molecule has 0 aromatic carbocycles. The lowest BCUT2D eigenvalue weighted by Crippen LogP contribution is -2.46. The second-order valence-corrected chi connectivity index (χ2v) is 5.12. The first-order valence-electron chi connectivity index (χ1n) is 5.57. The van der Waals surface area contributed by atoms with Crippen molar-refractivity contribution < 1.29 is 14.3 Å². The molecule has 2 amide bonds. The SMILES string of the molecule is CC(C)(C)OC(=O)N1CCC(CN)CC1=O. The topological polar surface area (TPSA) is 72.6 Å². The van der Waals surface area contributed by atoms with E-state index in [2.05, 4.69) is 0 Å². The summed E-state index contributed by atoms with van der Waals surface area (Å²) in [6.07, 6.45) is 0.560. The summed E-state index contributed by atoms with van der Waals surface area (Å²) >= 11 is 0. The maximum atomic E-state index is 11.7. The van der Waals surface area contributed by atoms with Crippen LogP contribution >= 0.6 is 0 Å². The number of piperidine rings is 1. The lowest BCUT2D eigenvalue weighted by molar-refractivity contribution is -0.133. The fourth-order valence-corrected chi connectivity index (χ4v) is 1.61. The molecule has 1 heterocycles. The molecule has 16 heavy (non-hydrogen) atoms. The zero-order valence-corrected chi connectivity index (χ0v) is 10.2. The minimum atomic E-state index is -0.567. The molecule has 0 bridgehead atoms. The van der Waals surface area contributed by atoms with Gasteiger partial charge in [0, 0.05) is 13.0 Å². The number of carbonyl (C=O) groups is 2. The maximum Gasteiger partial charge on any atom is 0.417 e. The first-order chi connectivity index (χ1) is 7.33. The largest absolute Gasteiger partial charge is 0.443 e. The molecule has 5 heteroatoms. The van der Waals surface area contributed by atoms with Gasteiger partial charge in [0.1, 0.15) is 5.60 Å². The normalized spacial score (nSPS) is 22.1. The number of rotatable bonds is 1. The predicted octanol–water partition coefficient (Wildman–Crippen LogP) is 1.12. The third-order valence-electron chi connectivity index (χ3n) is 2.47. The van der Waals surface area contributed by atoms with Crippen molar-refractivity contribution in [3.05, 3.63) is 0 Å². The Kier molecular flexibility index (Phi) is 3.91. The van der Waals surface area contributed by atoms with Crippen LogP contribution < -0.4 is 5.73 Å². The first kappa shape index (κ1) is 13.0. The Balaban J connectivity index is 2.56. The van der Waals surface area contributed by atoms with Crippen molar-refractivity contribution in [1.82, 2.24) is 4.90 Å². The minimum Gasteiger partial charge on any atom is -0.443 e. The summed E-state index contributed by atoms with van der Waals surface area (Å²) in [7, 11) is 0. The van der Waals surface area contributed by atoms with Crippen LogP contribution in [0, 0.1) is 5.92 Å². The van der Waals surface area contributed by atoms with Crippen LogP contribution in [0.2, 0.25) is 0 Å². The standard InChI is InChI=1S/C11H20N2O3/c1-11(2,3)16-10(15)13-5-4-8(7-12)6-9(13)14/h8H,4-7,12H2,1-3H3. The Morgan fingerprint density at radius 3 is 2.62 bits per heavy atom. The Morgan fingerprint density at radius 1 is 1.56 bits per heavy atom. The summed E-state index contributed by atoms with van der Waals surface area (Å²) in [5.74, 6) is 0.0159.